The summed E-state index contributed by atoms with van der Waals surface area (Å²) in [6.45, 7) is 1.81. The van der Waals surface area contributed by atoms with Crippen LogP contribution < -0.4 is 5.73 Å². The number of nitrogens with two attached hydrogens (primary N) is 1. The topological polar surface area (TPSA) is 55.6 Å². The number of hydrogen-bond donors (Lipinski definition) is 1. The van der Waals surface area contributed by atoms with Gasteiger partial charge in [0.15, 0.2) is 0 Å². The molecule has 0 aromatic heterocycles. The van der Waals surface area contributed by atoms with Crippen LogP contribution in [0.25, 0.3) is 0 Å². The Labute approximate surface area is 58.0 Å². The number of carbonyl (C=O) groups excluding carboxylic acids is 1. The first-order valence-corrected chi connectivity index (χ1v) is 2.21. The summed E-state index contributed by atoms with van der Waals surface area (Å²) in [5.41, 5.74) is 4.33. The molecule has 3 nitrogen and oxygen atoms in total. The van der Waals surface area contributed by atoms with E-state index >= 15 is 0 Å². The second kappa shape index (κ2) is 2.03. The predicted molar refractivity (Wildman–Crippen MR) is 33.6 cm³/mol. The molecular weight excluding hydrogens is 174 g/mol. The molecule has 4 heteroatoms. The van der Waals surface area contributed by atoms with Gasteiger partial charge >= 0.3 is 5.97 Å². The first-order valence-electron chi connectivity index (χ1n) is 2.21. The minimum atomic E-state index is -0.889. The van der Waals surface area contributed by atoms with E-state index in [-0.39, 0.29) is 23.0 Å². The van der Waals surface area contributed by atoms with Crippen LogP contribution in [0.4, 0.5) is 0 Å². The highest BCUT2D eigenvalue weighted by atomic mass is 79.9. The van der Waals surface area contributed by atoms with E-state index < -0.39 is 5.72 Å². The molecule has 1 heterocycles. The van der Waals surface area contributed by atoms with Gasteiger partial charge in [0.25, 0.3) is 5.72 Å². The molecule has 0 aromatic rings. The zero-order valence-electron chi connectivity index (χ0n) is 4.51. The Morgan fingerprint density at radius 3 is 2.25 bits per heavy atom. The van der Waals surface area contributed by atoms with E-state index in [1.54, 1.807) is 0 Å². The van der Waals surface area contributed by atoms with Crippen molar-refractivity contribution in [3.8, 4) is 0 Å². The summed E-state index contributed by atoms with van der Waals surface area (Å²) < 4.78 is 4.39. The van der Waals surface area contributed by atoms with Gasteiger partial charge in [0, 0.05) is 6.42 Å². The van der Waals surface area contributed by atoms with E-state index in [2.05, 4.69) is 4.74 Å². The van der Waals surface area contributed by atoms with Gasteiger partial charge in [0.05, 0.1) is 0 Å². The highest BCUT2D eigenvalue weighted by Gasteiger charge is 2.52. The summed E-state index contributed by atoms with van der Waals surface area (Å²) in [6, 6.07) is 0. The lowest BCUT2D eigenvalue weighted by Gasteiger charge is -1.88. The number of cyclic esters (lactones) is 1. The van der Waals surface area contributed by atoms with Crippen molar-refractivity contribution in [1.82, 2.24) is 0 Å². The molecule has 0 aromatic carbocycles. The zero-order chi connectivity index (χ0) is 5.49. The van der Waals surface area contributed by atoms with Crippen molar-refractivity contribution in [3.63, 3.8) is 0 Å². The first-order chi connectivity index (χ1) is 3.19. The summed E-state index contributed by atoms with van der Waals surface area (Å²) in [5, 5.41) is 0. The molecule has 0 radical (unpaired) electrons. The lowest BCUT2D eigenvalue weighted by molar-refractivity contribution is -0.117. The molecule has 0 aliphatic carbocycles. The third-order valence-corrected chi connectivity index (χ3v) is 1.10. The van der Waals surface area contributed by atoms with Crippen LogP contribution in [0.15, 0.2) is 0 Å². The van der Waals surface area contributed by atoms with Gasteiger partial charge in [-0.2, -0.15) is 0 Å². The molecule has 48 valence electrons. The van der Waals surface area contributed by atoms with Crippen LogP contribution >= 0.6 is 17.0 Å². The van der Waals surface area contributed by atoms with Crippen molar-refractivity contribution in [1.29, 1.82) is 0 Å². The number of ether oxygens (including phenoxy) is 1. The fourth-order valence-corrected chi connectivity index (χ4v) is 0.356. The molecule has 1 saturated heterocycles. The normalized spacial score (nSPS) is 33.0. The van der Waals surface area contributed by atoms with E-state index in [0.29, 0.717) is 6.42 Å². The molecule has 1 aliphatic rings. The Kier molecular flexibility index (Phi) is 2.00. The summed E-state index contributed by atoms with van der Waals surface area (Å²) in [7, 11) is 0. The fraction of sp³-hybridized carbons (Fsp3) is 0.750. The Bertz CT molecular complexity index is 117. The number of rotatable bonds is 1. The maximum atomic E-state index is 10.1. The molecule has 0 saturated carbocycles. The van der Waals surface area contributed by atoms with Crippen LogP contribution in [0, 0.1) is 0 Å². The van der Waals surface area contributed by atoms with E-state index in [1.807, 2.05) is 6.92 Å². The molecule has 0 amide bonds. The molecule has 1 atom stereocenters. The second-order valence-corrected chi connectivity index (χ2v) is 1.63. The highest BCUT2D eigenvalue weighted by Crippen LogP contribution is 2.24. The zero-order valence-corrected chi connectivity index (χ0v) is 6.22. The van der Waals surface area contributed by atoms with Gasteiger partial charge in [-0.25, -0.2) is 4.79 Å². The molecule has 8 heavy (non-hydrogen) atoms. The van der Waals surface area contributed by atoms with E-state index in [9.17, 15) is 4.79 Å². The minimum Gasteiger partial charge on any atom is -0.428 e. The molecule has 2 N–H and O–H groups in total. The van der Waals surface area contributed by atoms with Crippen molar-refractivity contribution in [2.45, 2.75) is 19.1 Å². The lowest BCUT2D eigenvalue weighted by Crippen LogP contribution is -2.23. The third kappa shape index (κ3) is 1.00. The van der Waals surface area contributed by atoms with E-state index in [1.165, 1.54) is 0 Å². The molecule has 0 spiro atoms. The van der Waals surface area contributed by atoms with Crippen molar-refractivity contribution >= 4 is 23.0 Å². The monoisotopic (exact) mass is 181 g/mol. The standard InChI is InChI=1S/C4H7NO2.BrH/c1-2-4(5)3(6)7-4;/h2,5H2,1H3;1H. The quantitative estimate of drug-likeness (QED) is 0.588. The number of carbonyl (C=O) groups is 1. The Hall–Kier alpha value is -0.0900. The minimum absolute atomic E-state index is 0. The van der Waals surface area contributed by atoms with Crippen LogP contribution in [0.1, 0.15) is 13.3 Å². The van der Waals surface area contributed by atoms with Gasteiger partial charge < -0.3 is 4.74 Å². The van der Waals surface area contributed by atoms with E-state index in [4.69, 9.17) is 5.73 Å². The average molecular weight is 182 g/mol. The molecule has 1 fully saturated rings. The summed E-state index contributed by atoms with van der Waals surface area (Å²) in [5.74, 6) is -0.282. The SMILES string of the molecule is Br.CCC1(N)OC1=O. The maximum Gasteiger partial charge on any atom is 0.368 e. The van der Waals surface area contributed by atoms with Gasteiger partial charge in [-0.1, -0.05) is 6.92 Å². The Balaban J connectivity index is 0.000000490. The van der Waals surface area contributed by atoms with Crippen molar-refractivity contribution in [2.24, 2.45) is 5.73 Å². The van der Waals surface area contributed by atoms with Gasteiger partial charge in [-0.3, -0.25) is 5.73 Å². The third-order valence-electron chi connectivity index (χ3n) is 1.10. The van der Waals surface area contributed by atoms with Crippen LogP contribution in [0.3, 0.4) is 0 Å². The second-order valence-electron chi connectivity index (χ2n) is 1.63. The number of hydrogen-bond acceptors (Lipinski definition) is 3. The summed E-state index contributed by atoms with van der Waals surface area (Å²) in [6.07, 6.45) is 0.575. The highest BCUT2D eigenvalue weighted by molar-refractivity contribution is 8.93. The average Bonchev–Trinajstić information content (AvgIpc) is 2.18. The van der Waals surface area contributed by atoms with Crippen molar-refractivity contribution in [3.05, 3.63) is 0 Å². The lowest BCUT2D eigenvalue weighted by atomic mass is 10.3. The molecule has 0 bridgehead atoms. The molecule has 1 rings (SSSR count). The van der Waals surface area contributed by atoms with Crippen LogP contribution in [-0.2, 0) is 9.53 Å². The van der Waals surface area contributed by atoms with Gasteiger partial charge in [0.2, 0.25) is 0 Å². The van der Waals surface area contributed by atoms with Crippen LogP contribution in [-0.4, -0.2) is 11.7 Å². The maximum absolute atomic E-state index is 10.1. The molecule has 1 aliphatic heterocycles. The smallest absolute Gasteiger partial charge is 0.368 e. The Morgan fingerprint density at radius 1 is 1.88 bits per heavy atom. The first kappa shape index (κ1) is 7.91. The summed E-state index contributed by atoms with van der Waals surface area (Å²) in [4.78, 5) is 10.1. The van der Waals surface area contributed by atoms with Crippen LogP contribution in [0.5, 0.6) is 0 Å². The number of epoxide rings is 1. The van der Waals surface area contributed by atoms with Gasteiger partial charge in [-0.15, -0.1) is 17.0 Å². The fourth-order valence-electron chi connectivity index (χ4n) is 0.356. The van der Waals surface area contributed by atoms with Crippen molar-refractivity contribution < 1.29 is 9.53 Å². The van der Waals surface area contributed by atoms with Gasteiger partial charge in [0.1, 0.15) is 0 Å². The number of halogens is 1. The predicted octanol–water partition coefficient (Wildman–Crippen LogP) is 0.186. The molecular formula is C4H8BrNO2. The van der Waals surface area contributed by atoms with Crippen molar-refractivity contribution in [2.75, 3.05) is 0 Å². The Morgan fingerprint density at radius 2 is 2.25 bits per heavy atom. The largest absolute Gasteiger partial charge is 0.428 e. The van der Waals surface area contributed by atoms with Gasteiger partial charge in [-0.05, 0) is 0 Å². The molecule has 1 unspecified atom stereocenters. The summed E-state index contributed by atoms with van der Waals surface area (Å²) >= 11 is 0. The van der Waals surface area contributed by atoms with Crippen LogP contribution in [0.2, 0.25) is 0 Å². The van der Waals surface area contributed by atoms with E-state index in [0.717, 1.165) is 0 Å².